The summed E-state index contributed by atoms with van der Waals surface area (Å²) >= 11 is 0. The fourth-order valence-corrected chi connectivity index (χ4v) is 1.16. The molecule has 0 amide bonds. The molecule has 1 rings (SSSR count). The molecule has 0 aliphatic rings. The van der Waals surface area contributed by atoms with E-state index < -0.39 is 7.60 Å². The van der Waals surface area contributed by atoms with Crippen LogP contribution in [0.25, 0.3) is 0 Å². The van der Waals surface area contributed by atoms with Gasteiger partial charge in [0.15, 0.2) is 0 Å². The standard InChI is InChI=1S/C8H11O4P/c1-13(10,11)12-6-7-2-4-8(9)5-3-7/h2-5,9H,6H2,1H3,(H,10,11)/p-2. The summed E-state index contributed by atoms with van der Waals surface area (Å²) in [7, 11) is -3.67. The van der Waals surface area contributed by atoms with E-state index in [4.69, 9.17) is 0 Å². The predicted molar refractivity (Wildman–Crippen MR) is 44.2 cm³/mol. The van der Waals surface area contributed by atoms with Gasteiger partial charge >= 0.3 is 0 Å². The summed E-state index contributed by atoms with van der Waals surface area (Å²) in [5.41, 5.74) is 0.664. The lowest BCUT2D eigenvalue weighted by atomic mass is 10.2. The zero-order chi connectivity index (χ0) is 9.90. The van der Waals surface area contributed by atoms with Crippen molar-refractivity contribution in [1.82, 2.24) is 0 Å². The first-order valence-corrected chi connectivity index (χ1v) is 5.65. The van der Waals surface area contributed by atoms with E-state index in [1.54, 1.807) is 0 Å². The third kappa shape index (κ3) is 4.08. The molecule has 1 aromatic rings. The van der Waals surface area contributed by atoms with Gasteiger partial charge in [-0.15, -0.1) is 5.75 Å². The molecule has 4 nitrogen and oxygen atoms in total. The first-order chi connectivity index (χ1) is 5.97. The lowest BCUT2D eigenvalue weighted by Crippen LogP contribution is -2.02. The lowest BCUT2D eigenvalue weighted by molar-refractivity contribution is -0.268. The summed E-state index contributed by atoms with van der Waals surface area (Å²) in [6, 6.07) is 5.81. The van der Waals surface area contributed by atoms with Gasteiger partial charge in [-0.3, -0.25) is 0 Å². The fraction of sp³-hybridized carbons (Fsp3) is 0.250. The average molecular weight is 200 g/mol. The van der Waals surface area contributed by atoms with Crippen LogP contribution in [-0.2, 0) is 15.7 Å². The quantitative estimate of drug-likeness (QED) is 0.664. The molecule has 0 N–H and O–H groups in total. The number of hydrogen-bond donors (Lipinski definition) is 0. The molecule has 1 atom stereocenters. The first-order valence-electron chi connectivity index (χ1n) is 3.66. The number of rotatable bonds is 3. The molecule has 0 radical (unpaired) electrons. The molecule has 0 saturated heterocycles. The molecule has 0 spiro atoms. The molecule has 5 heteroatoms. The van der Waals surface area contributed by atoms with Gasteiger partial charge in [-0.05, 0) is 5.56 Å². The maximum absolute atomic E-state index is 10.7. The van der Waals surface area contributed by atoms with E-state index in [2.05, 4.69) is 4.52 Å². The molecule has 13 heavy (non-hydrogen) atoms. The molecule has 0 saturated carbocycles. The van der Waals surface area contributed by atoms with Gasteiger partial charge in [0.25, 0.3) is 0 Å². The van der Waals surface area contributed by atoms with Crippen LogP contribution >= 0.6 is 7.60 Å². The van der Waals surface area contributed by atoms with Crippen LogP contribution < -0.4 is 10.00 Å². The second kappa shape index (κ2) is 3.92. The summed E-state index contributed by atoms with van der Waals surface area (Å²) in [5.74, 6) is -0.106. The van der Waals surface area contributed by atoms with Crippen LogP contribution in [0.2, 0.25) is 0 Å². The van der Waals surface area contributed by atoms with Crippen molar-refractivity contribution in [2.45, 2.75) is 6.61 Å². The minimum atomic E-state index is -3.67. The Kier molecular flexibility index (Phi) is 3.09. The van der Waals surface area contributed by atoms with Crippen LogP contribution in [0.15, 0.2) is 24.3 Å². The van der Waals surface area contributed by atoms with Crippen LogP contribution in [0, 0.1) is 0 Å². The van der Waals surface area contributed by atoms with Crippen molar-refractivity contribution in [2.75, 3.05) is 6.66 Å². The van der Waals surface area contributed by atoms with Crippen molar-refractivity contribution < 1.29 is 19.1 Å². The van der Waals surface area contributed by atoms with Gasteiger partial charge in [0.2, 0.25) is 0 Å². The second-order valence-electron chi connectivity index (χ2n) is 2.69. The van der Waals surface area contributed by atoms with Gasteiger partial charge < -0.3 is 19.1 Å². The monoisotopic (exact) mass is 200 g/mol. The maximum Gasteiger partial charge on any atom is 0.132 e. The van der Waals surface area contributed by atoms with E-state index in [-0.39, 0.29) is 12.4 Å². The summed E-state index contributed by atoms with van der Waals surface area (Å²) in [4.78, 5) is 10.6. The second-order valence-corrected chi connectivity index (χ2v) is 4.49. The van der Waals surface area contributed by atoms with E-state index in [9.17, 15) is 14.6 Å². The van der Waals surface area contributed by atoms with Crippen LogP contribution in [0.1, 0.15) is 5.56 Å². The molecule has 0 fully saturated rings. The first kappa shape index (κ1) is 10.3. The fourth-order valence-electron chi connectivity index (χ4n) is 0.777. The van der Waals surface area contributed by atoms with Crippen molar-refractivity contribution in [3.05, 3.63) is 29.8 Å². The molecule has 0 aliphatic heterocycles. The maximum atomic E-state index is 10.7. The molecule has 0 aromatic heterocycles. The molecule has 1 unspecified atom stereocenters. The summed E-state index contributed by atoms with van der Waals surface area (Å²) in [6.07, 6.45) is 0. The minimum absolute atomic E-state index is 0.0163. The zero-order valence-corrected chi connectivity index (χ0v) is 7.99. The molecule has 0 bridgehead atoms. The van der Waals surface area contributed by atoms with E-state index in [1.165, 1.54) is 24.3 Å². The Morgan fingerprint density at radius 2 is 1.92 bits per heavy atom. The summed E-state index contributed by atoms with van der Waals surface area (Å²) in [6.45, 7) is 0.993. The van der Waals surface area contributed by atoms with E-state index in [0.29, 0.717) is 5.56 Å². The molecule has 1 aromatic carbocycles. The number of hydrogen-bond acceptors (Lipinski definition) is 4. The Morgan fingerprint density at radius 3 is 2.38 bits per heavy atom. The van der Waals surface area contributed by atoms with Crippen molar-refractivity contribution in [3.8, 4) is 5.75 Å². The highest BCUT2D eigenvalue weighted by Crippen LogP contribution is 2.32. The van der Waals surface area contributed by atoms with Crippen molar-refractivity contribution in [3.63, 3.8) is 0 Å². The number of benzene rings is 1. The SMILES string of the molecule is CP(=O)([O-])OCc1ccc([O-])cc1. The lowest BCUT2D eigenvalue weighted by Gasteiger charge is -2.17. The van der Waals surface area contributed by atoms with Crippen molar-refractivity contribution >= 4 is 7.60 Å². The van der Waals surface area contributed by atoms with E-state index in [1.807, 2.05) is 0 Å². The van der Waals surface area contributed by atoms with Gasteiger partial charge in [-0.2, -0.15) is 0 Å². The third-order valence-corrected chi connectivity index (χ3v) is 1.99. The highest BCUT2D eigenvalue weighted by Gasteiger charge is 1.98. The van der Waals surface area contributed by atoms with Gasteiger partial charge in [-0.1, -0.05) is 24.3 Å². The Morgan fingerprint density at radius 1 is 1.38 bits per heavy atom. The normalized spacial score (nSPS) is 15.2. The van der Waals surface area contributed by atoms with Gasteiger partial charge in [0.05, 0.1) is 6.61 Å². The van der Waals surface area contributed by atoms with Crippen LogP contribution in [0.3, 0.4) is 0 Å². The smallest absolute Gasteiger partial charge is 0.132 e. The highest BCUT2D eigenvalue weighted by molar-refractivity contribution is 7.50. The molecule has 72 valence electrons. The molecular weight excluding hydrogens is 191 g/mol. The molecule has 0 aliphatic carbocycles. The van der Waals surface area contributed by atoms with Gasteiger partial charge in [-0.25, -0.2) is 0 Å². The van der Waals surface area contributed by atoms with Crippen molar-refractivity contribution in [2.24, 2.45) is 0 Å². The Labute approximate surface area is 76.3 Å². The topological polar surface area (TPSA) is 72.4 Å². The van der Waals surface area contributed by atoms with E-state index in [0.717, 1.165) is 6.66 Å². The van der Waals surface area contributed by atoms with Crippen LogP contribution in [-0.4, -0.2) is 6.66 Å². The van der Waals surface area contributed by atoms with Gasteiger partial charge in [0, 0.05) is 6.66 Å². The van der Waals surface area contributed by atoms with Gasteiger partial charge in [0.1, 0.15) is 7.60 Å². The minimum Gasteiger partial charge on any atom is -0.872 e. The summed E-state index contributed by atoms with van der Waals surface area (Å²) < 4.78 is 15.2. The Hall–Kier alpha value is -0.830. The zero-order valence-electron chi connectivity index (χ0n) is 7.10. The third-order valence-electron chi connectivity index (χ3n) is 1.39. The van der Waals surface area contributed by atoms with Crippen molar-refractivity contribution in [1.29, 1.82) is 0 Å². The van der Waals surface area contributed by atoms with Crippen LogP contribution in [0.4, 0.5) is 0 Å². The Bertz CT molecular complexity index is 313. The molecular formula is C8H9O4P-2. The Balaban J connectivity index is 2.56. The summed E-state index contributed by atoms with van der Waals surface area (Å²) in [5, 5.41) is 10.7. The average Bonchev–Trinajstić information content (AvgIpc) is 2.02. The largest absolute Gasteiger partial charge is 0.872 e. The van der Waals surface area contributed by atoms with Crippen LogP contribution in [0.5, 0.6) is 5.75 Å². The van der Waals surface area contributed by atoms with E-state index >= 15 is 0 Å². The molecule has 0 heterocycles. The predicted octanol–water partition coefficient (Wildman–Crippen LogP) is 0.460. The highest BCUT2D eigenvalue weighted by atomic mass is 31.2.